The van der Waals surface area contributed by atoms with Gasteiger partial charge >= 0.3 is 0 Å². The molecule has 0 aliphatic rings. The Labute approximate surface area is 187 Å². The Bertz CT molecular complexity index is 1390. The summed E-state index contributed by atoms with van der Waals surface area (Å²) >= 11 is 0. The van der Waals surface area contributed by atoms with E-state index in [-0.39, 0.29) is 10.8 Å². The van der Waals surface area contributed by atoms with E-state index < -0.39 is 10.0 Å². The topological polar surface area (TPSA) is 75.3 Å². The molecule has 0 saturated carbocycles. The van der Waals surface area contributed by atoms with Gasteiger partial charge in [-0.25, -0.2) is 8.42 Å². The van der Waals surface area contributed by atoms with Crippen LogP contribution in [0.1, 0.15) is 11.1 Å². The standard InChI is InChI=1S/C26H22N2O3S/c1-19-9-11-20(12-10-19)13-18-26(29)27-22-14-16-23(17-15-22)32(30,31)28-25-8-4-6-21-5-2-3-7-24(21)25/h2-18,28H,1H3,(H,27,29). The number of aryl methyl sites for hydroxylation is 1. The summed E-state index contributed by atoms with van der Waals surface area (Å²) in [6, 6.07) is 26.9. The van der Waals surface area contributed by atoms with Crippen molar-refractivity contribution >= 4 is 44.2 Å². The summed E-state index contributed by atoms with van der Waals surface area (Å²) in [5, 5.41) is 4.51. The van der Waals surface area contributed by atoms with Crippen LogP contribution in [0.5, 0.6) is 0 Å². The molecular formula is C26H22N2O3S. The highest BCUT2D eigenvalue weighted by Crippen LogP contribution is 2.26. The maximum atomic E-state index is 12.9. The molecule has 32 heavy (non-hydrogen) atoms. The molecule has 4 aromatic rings. The van der Waals surface area contributed by atoms with Gasteiger partial charge in [0, 0.05) is 17.1 Å². The Morgan fingerprint density at radius 2 is 1.50 bits per heavy atom. The van der Waals surface area contributed by atoms with E-state index in [0.29, 0.717) is 11.4 Å². The number of carbonyl (C=O) groups is 1. The summed E-state index contributed by atoms with van der Waals surface area (Å²) in [4.78, 5) is 12.3. The van der Waals surface area contributed by atoms with Crippen molar-refractivity contribution in [2.45, 2.75) is 11.8 Å². The van der Waals surface area contributed by atoms with Crippen molar-refractivity contribution in [1.82, 2.24) is 0 Å². The van der Waals surface area contributed by atoms with E-state index in [1.807, 2.05) is 67.6 Å². The third kappa shape index (κ3) is 5.04. The van der Waals surface area contributed by atoms with Gasteiger partial charge in [0.2, 0.25) is 5.91 Å². The number of carbonyl (C=O) groups excluding carboxylic acids is 1. The first kappa shape index (κ1) is 21.3. The van der Waals surface area contributed by atoms with Gasteiger partial charge in [0.25, 0.3) is 10.0 Å². The normalized spacial score (nSPS) is 11.5. The van der Waals surface area contributed by atoms with Crippen LogP contribution >= 0.6 is 0 Å². The lowest BCUT2D eigenvalue weighted by Crippen LogP contribution is -2.13. The number of hydrogen-bond acceptors (Lipinski definition) is 3. The highest BCUT2D eigenvalue weighted by molar-refractivity contribution is 7.92. The molecule has 0 saturated heterocycles. The lowest BCUT2D eigenvalue weighted by Gasteiger charge is -2.11. The summed E-state index contributed by atoms with van der Waals surface area (Å²) in [5.74, 6) is -0.296. The molecule has 4 rings (SSSR count). The zero-order valence-corrected chi connectivity index (χ0v) is 18.3. The average Bonchev–Trinajstić information content (AvgIpc) is 2.79. The Kier molecular flexibility index (Phi) is 6.05. The van der Waals surface area contributed by atoms with Crippen molar-refractivity contribution in [2.75, 3.05) is 10.0 Å². The smallest absolute Gasteiger partial charge is 0.261 e. The second-order valence-electron chi connectivity index (χ2n) is 7.39. The number of benzene rings is 4. The molecule has 0 fully saturated rings. The second kappa shape index (κ2) is 9.08. The molecule has 0 bridgehead atoms. The van der Waals surface area contributed by atoms with Gasteiger partial charge < -0.3 is 5.32 Å². The van der Waals surface area contributed by atoms with E-state index in [2.05, 4.69) is 10.0 Å². The van der Waals surface area contributed by atoms with Crippen molar-refractivity contribution in [3.63, 3.8) is 0 Å². The summed E-state index contributed by atoms with van der Waals surface area (Å²) in [6.45, 7) is 2.00. The monoisotopic (exact) mass is 442 g/mol. The van der Waals surface area contributed by atoms with Crippen molar-refractivity contribution in [3.8, 4) is 0 Å². The number of hydrogen-bond donors (Lipinski definition) is 2. The Hall–Kier alpha value is -3.90. The zero-order chi connectivity index (χ0) is 22.6. The lowest BCUT2D eigenvalue weighted by atomic mass is 10.1. The number of nitrogens with one attached hydrogen (secondary N) is 2. The number of amides is 1. The Morgan fingerprint density at radius 1 is 0.812 bits per heavy atom. The maximum Gasteiger partial charge on any atom is 0.261 e. The van der Waals surface area contributed by atoms with Crippen LogP contribution in [0.4, 0.5) is 11.4 Å². The number of sulfonamides is 1. The van der Waals surface area contributed by atoms with Gasteiger partial charge in [0.05, 0.1) is 10.6 Å². The second-order valence-corrected chi connectivity index (χ2v) is 9.07. The lowest BCUT2D eigenvalue weighted by molar-refractivity contribution is -0.111. The Balaban J connectivity index is 1.45. The highest BCUT2D eigenvalue weighted by atomic mass is 32.2. The molecule has 0 aliphatic carbocycles. The Morgan fingerprint density at radius 3 is 2.25 bits per heavy atom. The molecule has 0 unspecified atom stereocenters. The van der Waals surface area contributed by atoms with Gasteiger partial charge in [-0.05, 0) is 54.3 Å². The van der Waals surface area contributed by atoms with Crippen LogP contribution in [0.3, 0.4) is 0 Å². The molecule has 6 heteroatoms. The van der Waals surface area contributed by atoms with Gasteiger partial charge in [-0.2, -0.15) is 0 Å². The summed E-state index contributed by atoms with van der Waals surface area (Å²) in [6.07, 6.45) is 3.17. The summed E-state index contributed by atoms with van der Waals surface area (Å²) < 4.78 is 28.4. The van der Waals surface area contributed by atoms with Crippen LogP contribution in [0.15, 0.2) is 102 Å². The molecular weight excluding hydrogens is 420 g/mol. The van der Waals surface area contributed by atoms with E-state index in [1.54, 1.807) is 24.3 Å². The van der Waals surface area contributed by atoms with Crippen LogP contribution in [0, 0.1) is 6.92 Å². The SMILES string of the molecule is Cc1ccc(C=CC(=O)Nc2ccc(S(=O)(=O)Nc3cccc4ccccc34)cc2)cc1. The van der Waals surface area contributed by atoms with E-state index in [9.17, 15) is 13.2 Å². The third-order valence-electron chi connectivity index (χ3n) is 4.97. The number of anilines is 2. The molecule has 0 aliphatic heterocycles. The molecule has 4 aromatic carbocycles. The molecule has 0 heterocycles. The van der Waals surface area contributed by atoms with E-state index in [4.69, 9.17) is 0 Å². The minimum Gasteiger partial charge on any atom is -0.323 e. The zero-order valence-electron chi connectivity index (χ0n) is 17.4. The highest BCUT2D eigenvalue weighted by Gasteiger charge is 2.15. The van der Waals surface area contributed by atoms with Crippen LogP contribution in [-0.4, -0.2) is 14.3 Å². The predicted molar refractivity (Wildman–Crippen MR) is 130 cm³/mol. The van der Waals surface area contributed by atoms with Crippen LogP contribution in [0.2, 0.25) is 0 Å². The first-order chi connectivity index (χ1) is 15.4. The van der Waals surface area contributed by atoms with Crippen molar-refractivity contribution in [3.05, 3.63) is 108 Å². The van der Waals surface area contributed by atoms with Gasteiger partial charge in [-0.1, -0.05) is 66.2 Å². The first-order valence-corrected chi connectivity index (χ1v) is 11.6. The van der Waals surface area contributed by atoms with Gasteiger partial charge in [0.1, 0.15) is 0 Å². The minimum atomic E-state index is -3.78. The van der Waals surface area contributed by atoms with Crippen molar-refractivity contribution < 1.29 is 13.2 Å². The van der Waals surface area contributed by atoms with Crippen molar-refractivity contribution in [2.24, 2.45) is 0 Å². The van der Waals surface area contributed by atoms with Crippen molar-refractivity contribution in [1.29, 1.82) is 0 Å². The molecule has 0 radical (unpaired) electrons. The number of fused-ring (bicyclic) bond motifs is 1. The molecule has 2 N–H and O–H groups in total. The molecule has 0 aromatic heterocycles. The minimum absolute atomic E-state index is 0.110. The largest absolute Gasteiger partial charge is 0.323 e. The summed E-state index contributed by atoms with van der Waals surface area (Å²) in [7, 11) is -3.78. The van der Waals surface area contributed by atoms with Crippen LogP contribution in [-0.2, 0) is 14.8 Å². The fraction of sp³-hybridized carbons (Fsp3) is 0.0385. The third-order valence-corrected chi connectivity index (χ3v) is 6.35. The number of rotatable bonds is 6. The molecule has 160 valence electrons. The average molecular weight is 443 g/mol. The van der Waals surface area contributed by atoms with Crippen LogP contribution < -0.4 is 10.0 Å². The molecule has 0 spiro atoms. The molecule has 1 amide bonds. The fourth-order valence-electron chi connectivity index (χ4n) is 3.27. The van der Waals surface area contributed by atoms with Gasteiger partial charge in [-0.3, -0.25) is 9.52 Å². The van der Waals surface area contributed by atoms with E-state index in [1.165, 1.54) is 18.2 Å². The van der Waals surface area contributed by atoms with Gasteiger partial charge in [-0.15, -0.1) is 0 Å². The molecule has 0 atom stereocenters. The first-order valence-electron chi connectivity index (χ1n) is 10.1. The predicted octanol–water partition coefficient (Wildman–Crippen LogP) is 5.60. The van der Waals surface area contributed by atoms with E-state index >= 15 is 0 Å². The quantitative estimate of drug-likeness (QED) is 0.382. The van der Waals surface area contributed by atoms with Gasteiger partial charge in [0.15, 0.2) is 0 Å². The fourth-order valence-corrected chi connectivity index (χ4v) is 4.35. The van der Waals surface area contributed by atoms with Crippen LogP contribution in [0.25, 0.3) is 16.8 Å². The molecule has 5 nitrogen and oxygen atoms in total. The summed E-state index contributed by atoms with van der Waals surface area (Å²) in [5.41, 5.74) is 3.10. The van der Waals surface area contributed by atoms with E-state index in [0.717, 1.165) is 21.9 Å². The maximum absolute atomic E-state index is 12.9.